The standard InChI is InChI=1S/C17H17BrN2O5/c1-3-23-16(21)14(17(22)24-4-2)13-10-7-9(18)5-6-12(10)25-15(20)11(13)8-19/h5-7,13-14H,3-4,20H2,1-2H3/t13-/m1/s1. The van der Waals surface area contributed by atoms with E-state index >= 15 is 0 Å². The van der Waals surface area contributed by atoms with Gasteiger partial charge in [0, 0.05) is 10.0 Å². The van der Waals surface area contributed by atoms with Crippen LogP contribution in [-0.4, -0.2) is 25.2 Å². The summed E-state index contributed by atoms with van der Waals surface area (Å²) in [6, 6.07) is 6.98. The highest BCUT2D eigenvalue weighted by Crippen LogP contribution is 2.44. The summed E-state index contributed by atoms with van der Waals surface area (Å²) in [4.78, 5) is 24.9. The maximum atomic E-state index is 12.5. The first-order chi connectivity index (χ1) is 11.9. The topological polar surface area (TPSA) is 112 Å². The fourth-order valence-corrected chi connectivity index (χ4v) is 3.02. The summed E-state index contributed by atoms with van der Waals surface area (Å²) in [5.41, 5.74) is 6.30. The average molecular weight is 409 g/mol. The van der Waals surface area contributed by atoms with Crippen LogP contribution in [0.5, 0.6) is 5.75 Å². The van der Waals surface area contributed by atoms with E-state index in [-0.39, 0.29) is 24.7 Å². The molecule has 1 aromatic rings. The van der Waals surface area contributed by atoms with E-state index in [0.717, 1.165) is 0 Å². The number of fused-ring (bicyclic) bond motifs is 1. The van der Waals surface area contributed by atoms with Crippen LogP contribution in [0.2, 0.25) is 0 Å². The minimum Gasteiger partial charge on any atom is -0.465 e. The van der Waals surface area contributed by atoms with Crippen molar-refractivity contribution in [2.45, 2.75) is 19.8 Å². The molecule has 2 rings (SSSR count). The Morgan fingerprint density at radius 3 is 2.44 bits per heavy atom. The highest BCUT2D eigenvalue weighted by Gasteiger charge is 2.45. The second kappa shape index (κ2) is 8.03. The molecule has 0 aromatic heterocycles. The van der Waals surface area contributed by atoms with E-state index in [9.17, 15) is 14.9 Å². The summed E-state index contributed by atoms with van der Waals surface area (Å²) in [5, 5.41) is 9.52. The molecule has 1 atom stereocenters. The molecule has 0 bridgehead atoms. The number of allylic oxidation sites excluding steroid dienone is 1. The van der Waals surface area contributed by atoms with Crippen molar-refractivity contribution >= 4 is 27.9 Å². The molecule has 0 fully saturated rings. The van der Waals surface area contributed by atoms with Gasteiger partial charge in [0.25, 0.3) is 0 Å². The van der Waals surface area contributed by atoms with E-state index in [4.69, 9.17) is 19.9 Å². The first-order valence-electron chi connectivity index (χ1n) is 7.64. The lowest BCUT2D eigenvalue weighted by Gasteiger charge is -2.29. The zero-order chi connectivity index (χ0) is 18.6. The number of nitrogens with two attached hydrogens (primary N) is 1. The van der Waals surface area contributed by atoms with E-state index in [1.807, 2.05) is 6.07 Å². The Morgan fingerprint density at radius 1 is 1.32 bits per heavy atom. The van der Waals surface area contributed by atoms with E-state index in [1.54, 1.807) is 32.0 Å². The SMILES string of the molecule is CCOC(=O)C(C(=O)OCC)[C@H]1C(C#N)=C(N)Oc2ccc(Br)cc21. The van der Waals surface area contributed by atoms with Gasteiger partial charge >= 0.3 is 11.9 Å². The van der Waals surface area contributed by atoms with Gasteiger partial charge in [-0.25, -0.2) is 0 Å². The molecule has 25 heavy (non-hydrogen) atoms. The van der Waals surface area contributed by atoms with Crippen LogP contribution in [0.25, 0.3) is 0 Å². The highest BCUT2D eigenvalue weighted by molar-refractivity contribution is 9.10. The van der Waals surface area contributed by atoms with Gasteiger partial charge in [-0.2, -0.15) is 5.26 Å². The molecule has 0 saturated carbocycles. The van der Waals surface area contributed by atoms with Gasteiger partial charge < -0.3 is 19.9 Å². The smallest absolute Gasteiger partial charge is 0.321 e. The van der Waals surface area contributed by atoms with Gasteiger partial charge in [-0.05, 0) is 32.0 Å². The number of carbonyl (C=O) groups is 2. The molecule has 132 valence electrons. The minimum atomic E-state index is -1.36. The monoisotopic (exact) mass is 408 g/mol. The van der Waals surface area contributed by atoms with Crippen molar-refractivity contribution in [2.24, 2.45) is 11.7 Å². The van der Waals surface area contributed by atoms with Crippen LogP contribution < -0.4 is 10.5 Å². The minimum absolute atomic E-state index is 0.0169. The molecule has 0 radical (unpaired) electrons. The third-order valence-corrected chi connectivity index (χ3v) is 4.13. The molecule has 1 heterocycles. The molecule has 0 saturated heterocycles. The molecule has 0 aliphatic carbocycles. The van der Waals surface area contributed by atoms with Crippen LogP contribution in [0.4, 0.5) is 0 Å². The van der Waals surface area contributed by atoms with E-state index in [2.05, 4.69) is 15.9 Å². The number of benzene rings is 1. The first-order valence-corrected chi connectivity index (χ1v) is 8.44. The third kappa shape index (κ3) is 3.77. The van der Waals surface area contributed by atoms with Gasteiger partial charge in [0.1, 0.15) is 11.8 Å². The maximum absolute atomic E-state index is 12.5. The second-order valence-electron chi connectivity index (χ2n) is 5.13. The molecule has 8 heteroatoms. The number of esters is 2. The van der Waals surface area contributed by atoms with E-state index < -0.39 is 23.8 Å². The second-order valence-corrected chi connectivity index (χ2v) is 6.05. The summed E-state index contributed by atoms with van der Waals surface area (Å²) >= 11 is 3.34. The number of nitriles is 1. The third-order valence-electron chi connectivity index (χ3n) is 3.64. The van der Waals surface area contributed by atoms with Crippen molar-refractivity contribution in [3.8, 4) is 11.8 Å². The molecular weight excluding hydrogens is 392 g/mol. The Balaban J connectivity index is 2.64. The Morgan fingerprint density at radius 2 is 1.92 bits per heavy atom. The molecule has 2 N–H and O–H groups in total. The van der Waals surface area contributed by atoms with Crippen molar-refractivity contribution < 1.29 is 23.8 Å². The Hall–Kier alpha value is -2.53. The first kappa shape index (κ1) is 18.8. The van der Waals surface area contributed by atoms with E-state index in [0.29, 0.717) is 15.8 Å². The lowest BCUT2D eigenvalue weighted by molar-refractivity contribution is -0.162. The van der Waals surface area contributed by atoms with Crippen LogP contribution in [0, 0.1) is 17.2 Å². The highest BCUT2D eigenvalue weighted by atomic mass is 79.9. The Kier molecular flexibility index (Phi) is 6.04. The number of nitrogens with zero attached hydrogens (tertiary/aromatic N) is 1. The molecule has 1 aromatic carbocycles. The lowest BCUT2D eigenvalue weighted by atomic mass is 9.79. The van der Waals surface area contributed by atoms with Crippen LogP contribution in [-0.2, 0) is 19.1 Å². The maximum Gasteiger partial charge on any atom is 0.321 e. The van der Waals surface area contributed by atoms with Crippen LogP contribution >= 0.6 is 15.9 Å². The predicted molar refractivity (Wildman–Crippen MR) is 91.1 cm³/mol. The van der Waals surface area contributed by atoms with Gasteiger partial charge in [-0.15, -0.1) is 0 Å². The number of ether oxygens (including phenoxy) is 3. The zero-order valence-electron chi connectivity index (χ0n) is 13.7. The average Bonchev–Trinajstić information content (AvgIpc) is 2.56. The zero-order valence-corrected chi connectivity index (χ0v) is 15.3. The Bertz CT molecular complexity index is 751. The molecule has 1 aliphatic rings. The molecule has 7 nitrogen and oxygen atoms in total. The van der Waals surface area contributed by atoms with Gasteiger partial charge in [-0.3, -0.25) is 9.59 Å². The largest absolute Gasteiger partial charge is 0.465 e. The predicted octanol–water partition coefficient (Wildman–Crippen LogP) is 2.36. The number of carbonyl (C=O) groups excluding carboxylic acids is 2. The number of hydrogen-bond acceptors (Lipinski definition) is 7. The summed E-state index contributed by atoms with van der Waals surface area (Å²) in [5.74, 6) is -3.66. The van der Waals surface area contributed by atoms with Crippen LogP contribution in [0.15, 0.2) is 34.1 Å². The fraction of sp³-hybridized carbons (Fsp3) is 0.353. The molecule has 1 aliphatic heterocycles. The number of hydrogen-bond donors (Lipinski definition) is 1. The summed E-state index contributed by atoms with van der Waals surface area (Å²) in [6.45, 7) is 3.43. The van der Waals surface area contributed by atoms with Crippen LogP contribution in [0.3, 0.4) is 0 Å². The molecule has 0 amide bonds. The van der Waals surface area contributed by atoms with Gasteiger partial charge in [-0.1, -0.05) is 15.9 Å². The van der Waals surface area contributed by atoms with E-state index in [1.165, 1.54) is 0 Å². The lowest BCUT2D eigenvalue weighted by Crippen LogP contribution is -2.36. The summed E-state index contributed by atoms with van der Waals surface area (Å²) in [7, 11) is 0. The summed E-state index contributed by atoms with van der Waals surface area (Å²) < 4.78 is 16.2. The van der Waals surface area contributed by atoms with Gasteiger partial charge in [0.2, 0.25) is 5.88 Å². The van der Waals surface area contributed by atoms with Crippen LogP contribution in [0.1, 0.15) is 25.3 Å². The molecule has 0 spiro atoms. The Labute approximate surface area is 153 Å². The normalized spacial score (nSPS) is 15.9. The summed E-state index contributed by atoms with van der Waals surface area (Å²) in [6.07, 6.45) is 0. The van der Waals surface area contributed by atoms with Crippen molar-refractivity contribution in [2.75, 3.05) is 13.2 Å². The fourth-order valence-electron chi connectivity index (χ4n) is 2.64. The van der Waals surface area contributed by atoms with Gasteiger partial charge in [0.15, 0.2) is 5.92 Å². The molecule has 0 unspecified atom stereocenters. The van der Waals surface area contributed by atoms with Crippen molar-refractivity contribution in [3.05, 3.63) is 39.7 Å². The van der Waals surface area contributed by atoms with Crippen molar-refractivity contribution in [1.82, 2.24) is 0 Å². The molecular formula is C17H17BrN2O5. The van der Waals surface area contributed by atoms with Gasteiger partial charge in [0.05, 0.1) is 24.7 Å². The van der Waals surface area contributed by atoms with Crippen molar-refractivity contribution in [3.63, 3.8) is 0 Å². The van der Waals surface area contributed by atoms with Crippen molar-refractivity contribution in [1.29, 1.82) is 5.26 Å². The quantitative estimate of drug-likeness (QED) is 0.587. The number of rotatable bonds is 5. The number of halogens is 1.